The molecule has 0 aromatic carbocycles. The molecule has 0 amide bonds. The molecule has 0 spiro atoms. The van der Waals surface area contributed by atoms with Crippen molar-refractivity contribution in [2.75, 3.05) is 0 Å². The van der Waals surface area contributed by atoms with E-state index in [9.17, 15) is 4.57 Å². The minimum absolute atomic E-state index is 0.109. The van der Waals surface area contributed by atoms with Crippen LogP contribution in [0.4, 0.5) is 0 Å². The molecule has 5 heteroatoms. The Bertz CT molecular complexity index is 164. The fraction of sp³-hybridized carbons (Fsp3) is 1.00. The van der Waals surface area contributed by atoms with Crippen LogP contribution in [0.25, 0.3) is 0 Å². The van der Waals surface area contributed by atoms with Crippen molar-refractivity contribution in [3.05, 3.63) is 0 Å². The van der Waals surface area contributed by atoms with E-state index in [0.717, 1.165) is 0 Å². The second-order valence-corrected chi connectivity index (χ2v) is 4.74. The van der Waals surface area contributed by atoms with Gasteiger partial charge in [-0.05, 0) is 11.8 Å². The lowest BCUT2D eigenvalue weighted by atomic mass is 9.97. The highest BCUT2D eigenvalue weighted by atomic mass is 31.2. The normalized spacial score (nSPS) is 13.4. The highest BCUT2D eigenvalue weighted by molar-refractivity contribution is 7.46. The minimum Gasteiger partial charge on any atom is -0.303 e. The lowest BCUT2D eigenvalue weighted by Crippen LogP contribution is -2.24. The van der Waals surface area contributed by atoms with E-state index in [1.807, 2.05) is 27.7 Å². The fourth-order valence-corrected chi connectivity index (χ4v) is 1.98. The van der Waals surface area contributed by atoms with Gasteiger partial charge in [0.05, 0.1) is 6.10 Å². The molecule has 0 heterocycles. The quantitative estimate of drug-likeness (QED) is 0.672. The van der Waals surface area contributed by atoms with Crippen molar-refractivity contribution in [1.82, 2.24) is 0 Å². The van der Waals surface area contributed by atoms with E-state index in [1.165, 1.54) is 0 Å². The maximum atomic E-state index is 10.5. The first-order valence-electron chi connectivity index (χ1n) is 3.98. The molecule has 0 rings (SSSR count). The highest BCUT2D eigenvalue weighted by Gasteiger charge is 2.26. The molecule has 0 saturated carbocycles. The summed E-state index contributed by atoms with van der Waals surface area (Å²) in [5, 5.41) is 0. The molecule has 0 aliphatic rings. The summed E-state index contributed by atoms with van der Waals surface area (Å²) in [7, 11) is -4.33. The topological polar surface area (TPSA) is 66.8 Å². The summed E-state index contributed by atoms with van der Waals surface area (Å²) in [6.07, 6.45) is -0.383. The van der Waals surface area contributed by atoms with Crippen LogP contribution in [-0.4, -0.2) is 15.9 Å². The zero-order chi connectivity index (χ0) is 9.94. The van der Waals surface area contributed by atoms with Crippen molar-refractivity contribution in [2.24, 2.45) is 11.8 Å². The summed E-state index contributed by atoms with van der Waals surface area (Å²) in [6, 6.07) is 0. The summed E-state index contributed by atoms with van der Waals surface area (Å²) in [6.45, 7) is 7.50. The molecule has 0 aromatic heterocycles. The van der Waals surface area contributed by atoms with E-state index in [0.29, 0.717) is 0 Å². The van der Waals surface area contributed by atoms with Crippen molar-refractivity contribution in [3.63, 3.8) is 0 Å². The van der Waals surface area contributed by atoms with E-state index in [-0.39, 0.29) is 17.9 Å². The molecule has 0 aromatic rings. The van der Waals surface area contributed by atoms with Crippen LogP contribution in [0.15, 0.2) is 0 Å². The van der Waals surface area contributed by atoms with Crippen LogP contribution < -0.4 is 0 Å². The van der Waals surface area contributed by atoms with Crippen molar-refractivity contribution >= 4 is 7.82 Å². The van der Waals surface area contributed by atoms with Crippen LogP contribution in [0, 0.1) is 11.8 Å². The lowest BCUT2D eigenvalue weighted by Gasteiger charge is -2.24. The van der Waals surface area contributed by atoms with Crippen LogP contribution in [0.5, 0.6) is 0 Å². The Morgan fingerprint density at radius 3 is 1.50 bits per heavy atom. The lowest BCUT2D eigenvalue weighted by molar-refractivity contribution is 0.0661. The Morgan fingerprint density at radius 2 is 1.42 bits per heavy atom. The molecule has 2 N–H and O–H groups in total. The summed E-state index contributed by atoms with van der Waals surface area (Å²) < 4.78 is 15.2. The predicted molar refractivity (Wildman–Crippen MR) is 46.6 cm³/mol. The van der Waals surface area contributed by atoms with Gasteiger partial charge in [-0.1, -0.05) is 27.7 Å². The van der Waals surface area contributed by atoms with Gasteiger partial charge in [0.25, 0.3) is 0 Å². The molecular formula is C7H17O4P. The van der Waals surface area contributed by atoms with E-state index in [1.54, 1.807) is 0 Å². The van der Waals surface area contributed by atoms with Gasteiger partial charge in [-0.3, -0.25) is 4.52 Å². The molecule has 4 nitrogen and oxygen atoms in total. The third-order valence-corrected chi connectivity index (χ3v) is 2.09. The van der Waals surface area contributed by atoms with Gasteiger partial charge in [0, 0.05) is 0 Å². The summed E-state index contributed by atoms with van der Waals surface area (Å²) >= 11 is 0. The van der Waals surface area contributed by atoms with E-state index in [2.05, 4.69) is 4.52 Å². The number of phosphoric ester groups is 1. The SMILES string of the molecule is CC(C)C(OP(=O)(O)O)C(C)C. The Kier molecular flexibility index (Phi) is 4.42. The summed E-state index contributed by atoms with van der Waals surface area (Å²) in [4.78, 5) is 17.1. The Labute approximate surface area is 73.2 Å². The van der Waals surface area contributed by atoms with Crippen molar-refractivity contribution in [2.45, 2.75) is 33.8 Å². The first-order valence-corrected chi connectivity index (χ1v) is 5.51. The minimum atomic E-state index is -4.33. The zero-order valence-corrected chi connectivity index (χ0v) is 8.78. The maximum Gasteiger partial charge on any atom is 0.469 e. The van der Waals surface area contributed by atoms with Crippen LogP contribution in [-0.2, 0) is 9.09 Å². The van der Waals surface area contributed by atoms with Gasteiger partial charge in [0.1, 0.15) is 0 Å². The maximum absolute atomic E-state index is 10.5. The first-order chi connectivity index (χ1) is 5.24. The Balaban J connectivity index is 4.25. The molecule has 0 aliphatic heterocycles. The van der Waals surface area contributed by atoms with E-state index in [4.69, 9.17) is 9.79 Å². The predicted octanol–water partition coefficient (Wildman–Crippen LogP) is 1.78. The van der Waals surface area contributed by atoms with Gasteiger partial charge < -0.3 is 9.79 Å². The molecule has 74 valence electrons. The molecule has 0 fully saturated rings. The first kappa shape index (κ1) is 12.1. The molecule has 0 unspecified atom stereocenters. The standard InChI is InChI=1S/C7H17O4P/c1-5(2)7(6(3)4)11-12(8,9)10/h5-7H,1-4H3,(H2,8,9,10). The largest absolute Gasteiger partial charge is 0.469 e. The van der Waals surface area contributed by atoms with Crippen LogP contribution in [0.1, 0.15) is 27.7 Å². The summed E-state index contributed by atoms with van der Waals surface area (Å²) in [5.41, 5.74) is 0. The van der Waals surface area contributed by atoms with E-state index >= 15 is 0 Å². The van der Waals surface area contributed by atoms with Crippen LogP contribution in [0.2, 0.25) is 0 Å². The Hall–Kier alpha value is 0.110. The van der Waals surface area contributed by atoms with Crippen molar-refractivity contribution in [3.8, 4) is 0 Å². The van der Waals surface area contributed by atoms with Gasteiger partial charge in [0.15, 0.2) is 0 Å². The highest BCUT2D eigenvalue weighted by Crippen LogP contribution is 2.40. The number of hydrogen-bond acceptors (Lipinski definition) is 2. The number of hydrogen-bond donors (Lipinski definition) is 2. The van der Waals surface area contributed by atoms with Crippen LogP contribution in [0.3, 0.4) is 0 Å². The van der Waals surface area contributed by atoms with Crippen molar-refractivity contribution in [1.29, 1.82) is 0 Å². The zero-order valence-electron chi connectivity index (χ0n) is 7.89. The van der Waals surface area contributed by atoms with Gasteiger partial charge in [0.2, 0.25) is 0 Å². The number of phosphoric acid groups is 1. The molecule has 0 saturated heterocycles. The third-order valence-electron chi connectivity index (χ3n) is 1.57. The second-order valence-electron chi connectivity index (χ2n) is 3.55. The average Bonchev–Trinajstić information content (AvgIpc) is 1.79. The monoisotopic (exact) mass is 196 g/mol. The van der Waals surface area contributed by atoms with E-state index < -0.39 is 7.82 Å². The van der Waals surface area contributed by atoms with Gasteiger partial charge >= 0.3 is 7.82 Å². The molecule has 0 bridgehead atoms. The Morgan fingerprint density at radius 1 is 1.08 bits per heavy atom. The third kappa shape index (κ3) is 4.88. The molecule has 0 aliphatic carbocycles. The average molecular weight is 196 g/mol. The number of rotatable bonds is 4. The van der Waals surface area contributed by atoms with Gasteiger partial charge in [-0.2, -0.15) is 0 Å². The van der Waals surface area contributed by atoms with Gasteiger partial charge in [-0.15, -0.1) is 0 Å². The van der Waals surface area contributed by atoms with Crippen molar-refractivity contribution < 1.29 is 18.9 Å². The molecule has 12 heavy (non-hydrogen) atoms. The fourth-order valence-electron chi connectivity index (χ4n) is 1.17. The smallest absolute Gasteiger partial charge is 0.303 e. The van der Waals surface area contributed by atoms with Gasteiger partial charge in [-0.25, -0.2) is 4.57 Å². The molecular weight excluding hydrogens is 179 g/mol. The second kappa shape index (κ2) is 4.38. The molecule has 0 radical (unpaired) electrons. The summed E-state index contributed by atoms with van der Waals surface area (Å²) in [5.74, 6) is 0.218. The molecule has 0 atom stereocenters. The van der Waals surface area contributed by atoms with Crippen LogP contribution >= 0.6 is 7.82 Å².